The number of likely N-dealkylation sites (tertiary alicyclic amines) is 1. The van der Waals surface area contributed by atoms with Crippen molar-refractivity contribution in [1.29, 1.82) is 0 Å². The van der Waals surface area contributed by atoms with Crippen molar-refractivity contribution in [2.45, 2.75) is 32.4 Å². The van der Waals surface area contributed by atoms with Crippen molar-refractivity contribution in [2.24, 2.45) is 4.99 Å². The molecule has 3 heterocycles. The van der Waals surface area contributed by atoms with E-state index in [0.717, 1.165) is 30.2 Å². The number of nitrogens with one attached hydrogen (secondary N) is 2. The second-order valence-electron chi connectivity index (χ2n) is 6.52. The van der Waals surface area contributed by atoms with Crippen LogP contribution in [0.15, 0.2) is 42.0 Å². The summed E-state index contributed by atoms with van der Waals surface area (Å²) < 4.78 is 6.92. The highest BCUT2D eigenvalue weighted by Crippen LogP contribution is 2.11. The first kappa shape index (κ1) is 19.7. The van der Waals surface area contributed by atoms with Crippen LogP contribution in [0.25, 0.3) is 5.82 Å². The number of hydrogen-bond donors (Lipinski definition) is 2. The fourth-order valence-corrected chi connectivity index (χ4v) is 3.06. The lowest BCUT2D eigenvalue weighted by Gasteiger charge is -2.32. The number of rotatable bonds is 5. The molecule has 0 bridgehead atoms. The predicted octanol–water partition coefficient (Wildman–Crippen LogP) is 1.55. The summed E-state index contributed by atoms with van der Waals surface area (Å²) in [5.41, 5.74) is 1.06. The van der Waals surface area contributed by atoms with Crippen LogP contribution in [-0.4, -0.2) is 64.3 Å². The molecule has 0 aromatic carbocycles. The van der Waals surface area contributed by atoms with Crippen LogP contribution in [-0.2, 0) is 11.3 Å². The SMILES string of the molecule is CCOC(=O)N1CCC(NC(=NC)NCc2ccc(-n3ccnc3)nc2)CC1. The maximum Gasteiger partial charge on any atom is 0.409 e. The number of guanidine groups is 1. The van der Waals surface area contributed by atoms with Gasteiger partial charge in [0.1, 0.15) is 12.1 Å². The van der Waals surface area contributed by atoms with Gasteiger partial charge in [-0.25, -0.2) is 14.8 Å². The third-order valence-electron chi connectivity index (χ3n) is 4.62. The van der Waals surface area contributed by atoms with E-state index in [1.165, 1.54) is 0 Å². The Hall–Kier alpha value is -3.10. The highest BCUT2D eigenvalue weighted by Gasteiger charge is 2.23. The molecule has 1 saturated heterocycles. The number of aliphatic imine (C=N–C) groups is 1. The zero-order chi connectivity index (χ0) is 19.8. The Morgan fingerprint density at radius 3 is 2.79 bits per heavy atom. The molecule has 1 aliphatic rings. The summed E-state index contributed by atoms with van der Waals surface area (Å²) in [7, 11) is 1.75. The van der Waals surface area contributed by atoms with Crippen molar-refractivity contribution in [3.8, 4) is 5.82 Å². The zero-order valence-electron chi connectivity index (χ0n) is 16.3. The summed E-state index contributed by atoms with van der Waals surface area (Å²) in [5, 5.41) is 6.74. The minimum Gasteiger partial charge on any atom is -0.450 e. The second kappa shape index (κ2) is 9.72. The van der Waals surface area contributed by atoms with Crippen LogP contribution in [0, 0.1) is 0 Å². The number of carbonyl (C=O) groups excluding carboxylic acids is 1. The molecule has 1 amide bonds. The Morgan fingerprint density at radius 1 is 1.36 bits per heavy atom. The van der Waals surface area contributed by atoms with E-state index in [1.54, 1.807) is 24.5 Å². The normalized spacial score (nSPS) is 15.4. The van der Waals surface area contributed by atoms with E-state index in [9.17, 15) is 4.79 Å². The standard InChI is InChI=1S/C19H27N7O2/c1-3-28-19(27)25-9-6-16(7-10-25)24-18(20-2)23-13-15-4-5-17(22-12-15)26-11-8-21-14-26/h4-5,8,11-12,14,16H,3,6-7,9-10,13H2,1-2H3,(H2,20,23,24). The van der Waals surface area contributed by atoms with Crippen molar-refractivity contribution < 1.29 is 9.53 Å². The molecule has 1 aliphatic heterocycles. The zero-order valence-corrected chi connectivity index (χ0v) is 16.3. The van der Waals surface area contributed by atoms with Crippen LogP contribution in [0.3, 0.4) is 0 Å². The fraction of sp³-hybridized carbons (Fsp3) is 0.474. The van der Waals surface area contributed by atoms with Gasteiger partial charge in [0.25, 0.3) is 0 Å². The summed E-state index contributed by atoms with van der Waals surface area (Å²) in [6, 6.07) is 4.26. The van der Waals surface area contributed by atoms with Gasteiger partial charge in [-0.3, -0.25) is 9.56 Å². The molecule has 0 unspecified atom stereocenters. The van der Waals surface area contributed by atoms with Gasteiger partial charge in [-0.05, 0) is 31.4 Å². The van der Waals surface area contributed by atoms with Crippen molar-refractivity contribution in [1.82, 2.24) is 30.1 Å². The van der Waals surface area contributed by atoms with Crippen LogP contribution in [0.5, 0.6) is 0 Å². The summed E-state index contributed by atoms with van der Waals surface area (Å²) in [5.74, 6) is 1.57. The lowest BCUT2D eigenvalue weighted by atomic mass is 10.1. The molecule has 2 aromatic rings. The molecule has 2 N–H and O–H groups in total. The minimum atomic E-state index is -0.227. The maximum absolute atomic E-state index is 11.8. The molecule has 150 valence electrons. The van der Waals surface area contributed by atoms with Crippen molar-refractivity contribution in [3.63, 3.8) is 0 Å². The van der Waals surface area contributed by atoms with Crippen LogP contribution >= 0.6 is 0 Å². The third kappa shape index (κ3) is 5.21. The van der Waals surface area contributed by atoms with Crippen LogP contribution in [0.2, 0.25) is 0 Å². The number of aromatic nitrogens is 3. The number of ether oxygens (including phenoxy) is 1. The predicted molar refractivity (Wildman–Crippen MR) is 106 cm³/mol. The van der Waals surface area contributed by atoms with Gasteiger partial charge in [-0.1, -0.05) is 6.07 Å². The Kier molecular flexibility index (Phi) is 6.83. The molecule has 9 heteroatoms. The Bertz CT molecular complexity index is 766. The lowest BCUT2D eigenvalue weighted by Crippen LogP contribution is -2.49. The molecule has 0 radical (unpaired) electrons. The van der Waals surface area contributed by atoms with Crippen LogP contribution in [0.1, 0.15) is 25.3 Å². The average molecular weight is 385 g/mol. The van der Waals surface area contributed by atoms with Gasteiger partial charge in [-0.2, -0.15) is 0 Å². The Morgan fingerprint density at radius 2 is 2.18 bits per heavy atom. The quantitative estimate of drug-likeness (QED) is 0.599. The highest BCUT2D eigenvalue weighted by molar-refractivity contribution is 5.80. The topological polar surface area (TPSA) is 96.7 Å². The summed E-state index contributed by atoms with van der Waals surface area (Å²) in [6.45, 7) is 4.23. The first-order chi connectivity index (χ1) is 13.7. The van der Waals surface area contributed by atoms with E-state index in [-0.39, 0.29) is 12.1 Å². The molecule has 3 rings (SSSR count). The number of pyridine rings is 1. The smallest absolute Gasteiger partial charge is 0.409 e. The third-order valence-corrected chi connectivity index (χ3v) is 4.62. The molecule has 2 aromatic heterocycles. The van der Waals surface area contributed by atoms with Crippen molar-refractivity contribution >= 4 is 12.1 Å². The number of imidazole rings is 1. The molecule has 0 saturated carbocycles. The Labute approximate surface area is 164 Å². The monoisotopic (exact) mass is 385 g/mol. The molecule has 28 heavy (non-hydrogen) atoms. The maximum atomic E-state index is 11.8. The van der Waals surface area contributed by atoms with Crippen molar-refractivity contribution in [3.05, 3.63) is 42.6 Å². The first-order valence-electron chi connectivity index (χ1n) is 9.51. The first-order valence-corrected chi connectivity index (χ1v) is 9.51. The number of nitrogens with zero attached hydrogens (tertiary/aromatic N) is 5. The molecule has 0 spiro atoms. The minimum absolute atomic E-state index is 0.227. The van der Waals surface area contributed by atoms with Crippen molar-refractivity contribution in [2.75, 3.05) is 26.7 Å². The molecular formula is C19H27N7O2. The van der Waals surface area contributed by atoms with E-state index in [1.807, 2.05) is 36.0 Å². The van der Waals surface area contributed by atoms with Crippen LogP contribution in [0.4, 0.5) is 4.79 Å². The van der Waals surface area contributed by atoms with Gasteiger partial charge in [0, 0.05) is 51.3 Å². The van der Waals surface area contributed by atoms with E-state index in [0.29, 0.717) is 26.2 Å². The van der Waals surface area contributed by atoms with Gasteiger partial charge in [0.2, 0.25) is 0 Å². The van der Waals surface area contributed by atoms with Gasteiger partial charge in [0.15, 0.2) is 5.96 Å². The number of carbonyl (C=O) groups is 1. The second-order valence-corrected chi connectivity index (χ2v) is 6.52. The average Bonchev–Trinajstić information content (AvgIpc) is 3.27. The number of hydrogen-bond acceptors (Lipinski definition) is 5. The van der Waals surface area contributed by atoms with Gasteiger partial charge in [0.05, 0.1) is 6.61 Å². The molecule has 1 fully saturated rings. The fourth-order valence-electron chi connectivity index (χ4n) is 3.06. The Balaban J connectivity index is 1.44. The number of piperidine rings is 1. The summed E-state index contributed by atoms with van der Waals surface area (Å²) >= 11 is 0. The summed E-state index contributed by atoms with van der Waals surface area (Å²) in [4.78, 5) is 26.3. The van der Waals surface area contributed by atoms with Gasteiger partial charge >= 0.3 is 6.09 Å². The molecule has 9 nitrogen and oxygen atoms in total. The van der Waals surface area contributed by atoms with E-state index < -0.39 is 0 Å². The van der Waals surface area contributed by atoms with E-state index >= 15 is 0 Å². The number of amides is 1. The van der Waals surface area contributed by atoms with Gasteiger partial charge in [-0.15, -0.1) is 0 Å². The largest absolute Gasteiger partial charge is 0.450 e. The molecular weight excluding hydrogens is 358 g/mol. The molecule has 0 atom stereocenters. The molecule has 0 aliphatic carbocycles. The highest BCUT2D eigenvalue weighted by atomic mass is 16.6. The lowest BCUT2D eigenvalue weighted by molar-refractivity contribution is 0.0963. The van der Waals surface area contributed by atoms with E-state index in [4.69, 9.17) is 4.74 Å². The van der Waals surface area contributed by atoms with Crippen LogP contribution < -0.4 is 10.6 Å². The summed E-state index contributed by atoms with van der Waals surface area (Å²) in [6.07, 6.45) is 8.65. The van der Waals surface area contributed by atoms with Gasteiger partial charge < -0.3 is 20.3 Å². The van der Waals surface area contributed by atoms with E-state index in [2.05, 4.69) is 25.6 Å².